The number of carbonyl (C=O) groups is 5. The van der Waals surface area contributed by atoms with Crippen LogP contribution in [-0.4, -0.2) is 62.4 Å². The third-order valence-corrected chi connectivity index (χ3v) is 8.67. The molecule has 0 aromatic heterocycles. The predicted molar refractivity (Wildman–Crippen MR) is 176 cm³/mol. The van der Waals surface area contributed by atoms with Crippen LogP contribution in [0.1, 0.15) is 84.6 Å². The second-order valence-electron chi connectivity index (χ2n) is 13.4. The van der Waals surface area contributed by atoms with E-state index < -0.39 is 35.5 Å². The normalized spacial score (nSPS) is 17.3. The van der Waals surface area contributed by atoms with Crippen LogP contribution in [0.25, 0.3) is 0 Å². The SMILES string of the molecule is CC(C)C[C@H](CC(=O)O)NC(=O)[C@H](CC(C)C)N1C(=O)N(Cc2ccc(NC(=O)Nc3ccccc3)cc2)C2(CCCCC2)C1=O. The summed E-state index contributed by atoms with van der Waals surface area (Å²) in [6.45, 7) is 7.93. The molecule has 1 aliphatic heterocycles. The molecule has 1 heterocycles. The summed E-state index contributed by atoms with van der Waals surface area (Å²) in [5.41, 5.74) is 0.972. The standard InChI is InChI=1S/C35H47N5O6/c1-23(2)19-28(21-30(41)42)36-31(43)29(20-24(3)4)40-32(44)35(17-9-6-10-18-35)39(34(40)46)22-25-13-15-27(16-14-25)38-33(45)37-26-11-7-5-8-12-26/h5,7-8,11-16,23-24,28-29H,6,9-10,17-22H2,1-4H3,(H,36,43)(H,41,42)(H2,37,38,45)/t28-,29+/m1/s1. The maximum Gasteiger partial charge on any atom is 0.328 e. The van der Waals surface area contributed by atoms with Crippen LogP contribution in [0.3, 0.4) is 0 Å². The maximum absolute atomic E-state index is 14.3. The van der Waals surface area contributed by atoms with E-state index in [1.165, 1.54) is 0 Å². The Hall–Kier alpha value is -4.41. The second-order valence-corrected chi connectivity index (χ2v) is 13.4. The molecule has 0 radical (unpaired) electrons. The van der Waals surface area contributed by atoms with Gasteiger partial charge >= 0.3 is 18.0 Å². The first-order chi connectivity index (χ1) is 21.9. The molecule has 2 fully saturated rings. The van der Waals surface area contributed by atoms with Gasteiger partial charge in [0.15, 0.2) is 0 Å². The van der Waals surface area contributed by atoms with Crippen molar-refractivity contribution in [2.75, 3.05) is 10.6 Å². The van der Waals surface area contributed by atoms with Crippen LogP contribution >= 0.6 is 0 Å². The van der Waals surface area contributed by atoms with E-state index in [0.717, 1.165) is 29.7 Å². The Bertz CT molecular complexity index is 1390. The molecular formula is C35H47N5O6. The highest BCUT2D eigenvalue weighted by molar-refractivity contribution is 6.10. The zero-order chi connectivity index (χ0) is 33.4. The lowest BCUT2D eigenvalue weighted by molar-refractivity contribution is -0.142. The predicted octanol–water partition coefficient (Wildman–Crippen LogP) is 6.22. The minimum atomic E-state index is -1.05. The molecule has 1 spiro atoms. The van der Waals surface area contributed by atoms with E-state index in [4.69, 9.17) is 0 Å². The molecule has 1 saturated heterocycles. The van der Waals surface area contributed by atoms with Crippen molar-refractivity contribution < 1.29 is 29.1 Å². The molecule has 4 rings (SSSR count). The van der Waals surface area contributed by atoms with Crippen molar-refractivity contribution in [2.45, 2.75) is 103 Å². The van der Waals surface area contributed by atoms with Crippen LogP contribution in [0.15, 0.2) is 54.6 Å². The van der Waals surface area contributed by atoms with Gasteiger partial charge in [-0.1, -0.05) is 77.3 Å². The summed E-state index contributed by atoms with van der Waals surface area (Å²) in [7, 11) is 0. The van der Waals surface area contributed by atoms with Crippen molar-refractivity contribution in [1.29, 1.82) is 0 Å². The lowest BCUT2D eigenvalue weighted by Gasteiger charge is -2.38. The van der Waals surface area contributed by atoms with Gasteiger partial charge in [0.05, 0.1) is 6.42 Å². The number of hydrogen-bond donors (Lipinski definition) is 4. The minimum absolute atomic E-state index is 0.00476. The van der Waals surface area contributed by atoms with Crippen LogP contribution < -0.4 is 16.0 Å². The van der Waals surface area contributed by atoms with Gasteiger partial charge in [0.1, 0.15) is 11.6 Å². The lowest BCUT2D eigenvalue weighted by Crippen LogP contribution is -2.54. The van der Waals surface area contributed by atoms with Gasteiger partial charge in [-0.2, -0.15) is 0 Å². The first-order valence-electron chi connectivity index (χ1n) is 16.3. The second kappa shape index (κ2) is 15.2. The van der Waals surface area contributed by atoms with E-state index in [1.807, 2.05) is 58.0 Å². The molecule has 248 valence electrons. The third-order valence-electron chi connectivity index (χ3n) is 8.67. The number of aliphatic carboxylic acids is 1. The molecule has 2 atom stereocenters. The van der Waals surface area contributed by atoms with Gasteiger partial charge in [-0.25, -0.2) is 14.5 Å². The number of imide groups is 1. The number of para-hydroxylation sites is 1. The highest BCUT2D eigenvalue weighted by Crippen LogP contribution is 2.42. The molecule has 2 aromatic rings. The number of amides is 6. The van der Waals surface area contributed by atoms with Crippen LogP contribution in [0.4, 0.5) is 21.0 Å². The highest BCUT2D eigenvalue weighted by Gasteiger charge is 2.59. The largest absolute Gasteiger partial charge is 0.481 e. The van der Waals surface area contributed by atoms with Gasteiger partial charge in [-0.3, -0.25) is 14.4 Å². The molecule has 1 saturated carbocycles. The minimum Gasteiger partial charge on any atom is -0.481 e. The molecule has 0 unspecified atom stereocenters. The van der Waals surface area contributed by atoms with Crippen molar-refractivity contribution in [3.63, 3.8) is 0 Å². The van der Waals surface area contributed by atoms with Crippen LogP contribution in [0.5, 0.6) is 0 Å². The molecular weight excluding hydrogens is 586 g/mol. The van der Waals surface area contributed by atoms with Gasteiger partial charge in [0.2, 0.25) is 5.91 Å². The Balaban J connectivity index is 1.55. The van der Waals surface area contributed by atoms with Crippen molar-refractivity contribution in [1.82, 2.24) is 15.1 Å². The monoisotopic (exact) mass is 633 g/mol. The molecule has 6 amide bonds. The lowest BCUT2D eigenvalue weighted by atomic mass is 9.80. The zero-order valence-corrected chi connectivity index (χ0v) is 27.3. The summed E-state index contributed by atoms with van der Waals surface area (Å²) in [6, 6.07) is 13.7. The molecule has 46 heavy (non-hydrogen) atoms. The third kappa shape index (κ3) is 8.44. The molecule has 2 aromatic carbocycles. The number of nitrogens with zero attached hydrogens (tertiary/aromatic N) is 2. The van der Waals surface area contributed by atoms with E-state index in [1.54, 1.807) is 29.2 Å². The fourth-order valence-corrected chi connectivity index (χ4v) is 6.59. The number of rotatable bonds is 13. The number of carbonyl (C=O) groups excluding carboxylic acids is 4. The zero-order valence-electron chi connectivity index (χ0n) is 27.3. The Morgan fingerprint density at radius 3 is 1.98 bits per heavy atom. The number of benzene rings is 2. The fourth-order valence-electron chi connectivity index (χ4n) is 6.59. The van der Waals surface area contributed by atoms with Gasteiger partial charge in [0.25, 0.3) is 5.91 Å². The summed E-state index contributed by atoms with van der Waals surface area (Å²) < 4.78 is 0. The van der Waals surface area contributed by atoms with Gasteiger partial charge in [-0.15, -0.1) is 0 Å². The smallest absolute Gasteiger partial charge is 0.328 e. The van der Waals surface area contributed by atoms with Crippen LogP contribution in [-0.2, 0) is 20.9 Å². The number of carboxylic acids is 1. The number of anilines is 2. The number of urea groups is 2. The average molecular weight is 634 g/mol. The van der Waals surface area contributed by atoms with Crippen molar-refractivity contribution >= 4 is 41.2 Å². The Morgan fingerprint density at radius 2 is 1.41 bits per heavy atom. The average Bonchev–Trinajstić information content (AvgIpc) is 3.17. The van der Waals surface area contributed by atoms with E-state index in [2.05, 4.69) is 16.0 Å². The molecule has 0 bridgehead atoms. The van der Waals surface area contributed by atoms with E-state index >= 15 is 0 Å². The number of hydrogen-bond acceptors (Lipinski definition) is 5. The van der Waals surface area contributed by atoms with Gasteiger partial charge in [0, 0.05) is 24.0 Å². The first kappa shape index (κ1) is 34.5. The van der Waals surface area contributed by atoms with Gasteiger partial charge < -0.3 is 26.0 Å². The number of carboxylic acid groups (broad SMARTS) is 1. The van der Waals surface area contributed by atoms with Crippen LogP contribution in [0, 0.1) is 11.8 Å². The van der Waals surface area contributed by atoms with Crippen molar-refractivity contribution in [2.24, 2.45) is 11.8 Å². The summed E-state index contributed by atoms with van der Waals surface area (Å²) in [5, 5.41) is 17.9. The summed E-state index contributed by atoms with van der Waals surface area (Å²) in [5.74, 6) is -1.74. The Labute approximate surface area is 271 Å². The first-order valence-corrected chi connectivity index (χ1v) is 16.3. The quantitative estimate of drug-likeness (QED) is 0.193. The molecule has 4 N–H and O–H groups in total. The summed E-state index contributed by atoms with van der Waals surface area (Å²) in [4.78, 5) is 69.1. The fraction of sp³-hybridized carbons (Fsp3) is 0.514. The van der Waals surface area contributed by atoms with E-state index in [9.17, 15) is 29.1 Å². The topological polar surface area (TPSA) is 148 Å². The summed E-state index contributed by atoms with van der Waals surface area (Å²) in [6.07, 6.45) is 4.05. The van der Waals surface area contributed by atoms with Crippen molar-refractivity contribution in [3.8, 4) is 0 Å². The van der Waals surface area contributed by atoms with E-state index in [0.29, 0.717) is 30.6 Å². The van der Waals surface area contributed by atoms with Gasteiger partial charge in [-0.05, 0) is 67.3 Å². The molecule has 11 heteroatoms. The Kier molecular flexibility index (Phi) is 11.4. The highest BCUT2D eigenvalue weighted by atomic mass is 16.4. The summed E-state index contributed by atoms with van der Waals surface area (Å²) >= 11 is 0. The maximum atomic E-state index is 14.3. The molecule has 11 nitrogen and oxygen atoms in total. The molecule has 1 aliphatic carbocycles. The van der Waals surface area contributed by atoms with Crippen LogP contribution in [0.2, 0.25) is 0 Å². The number of nitrogens with one attached hydrogen (secondary N) is 3. The Morgan fingerprint density at radius 1 is 0.826 bits per heavy atom. The van der Waals surface area contributed by atoms with E-state index in [-0.39, 0.29) is 43.2 Å². The molecule has 2 aliphatic rings. The van der Waals surface area contributed by atoms with Crippen molar-refractivity contribution in [3.05, 3.63) is 60.2 Å².